The van der Waals surface area contributed by atoms with Gasteiger partial charge in [-0.05, 0) is 17.7 Å². The maximum atomic E-state index is 13.6. The van der Waals surface area contributed by atoms with E-state index in [-0.39, 0.29) is 17.5 Å². The van der Waals surface area contributed by atoms with Crippen LogP contribution in [0.5, 0.6) is 5.75 Å². The van der Waals surface area contributed by atoms with Gasteiger partial charge >= 0.3 is 0 Å². The third-order valence-electron chi connectivity index (χ3n) is 3.47. The standard InChI is InChI=1S/C14H20FN3O2/c1-20-13-3-2-11(8-12(13)15)9-17-4-6-18(7-5-17)10-14(16)19/h2-3,8H,4-7,9-10H2,1H3,(H2,16,19). The number of nitrogens with zero attached hydrogens (tertiary/aromatic N) is 2. The van der Waals surface area contributed by atoms with Gasteiger partial charge in [-0.25, -0.2) is 4.39 Å². The number of benzene rings is 1. The van der Waals surface area contributed by atoms with E-state index in [1.807, 2.05) is 11.0 Å². The summed E-state index contributed by atoms with van der Waals surface area (Å²) in [6.07, 6.45) is 0. The van der Waals surface area contributed by atoms with Crippen molar-refractivity contribution in [2.24, 2.45) is 5.73 Å². The molecule has 1 fully saturated rings. The second-order valence-electron chi connectivity index (χ2n) is 4.99. The molecule has 2 rings (SSSR count). The van der Waals surface area contributed by atoms with Crippen LogP contribution in [-0.2, 0) is 11.3 Å². The van der Waals surface area contributed by atoms with E-state index in [9.17, 15) is 9.18 Å². The number of primary amides is 1. The molecule has 0 aliphatic carbocycles. The number of rotatable bonds is 5. The van der Waals surface area contributed by atoms with Gasteiger partial charge in [0.15, 0.2) is 11.6 Å². The van der Waals surface area contributed by atoms with E-state index in [0.29, 0.717) is 13.1 Å². The SMILES string of the molecule is COc1ccc(CN2CCN(CC(N)=O)CC2)cc1F. The van der Waals surface area contributed by atoms with Gasteiger partial charge in [-0.3, -0.25) is 14.6 Å². The molecular weight excluding hydrogens is 261 g/mol. The molecule has 0 unspecified atom stereocenters. The van der Waals surface area contributed by atoms with Crippen LogP contribution in [0.2, 0.25) is 0 Å². The summed E-state index contributed by atoms with van der Waals surface area (Å²) in [6.45, 7) is 4.32. The molecule has 0 atom stereocenters. The van der Waals surface area contributed by atoms with Crippen LogP contribution in [0.15, 0.2) is 18.2 Å². The molecular formula is C14H20FN3O2. The lowest BCUT2D eigenvalue weighted by atomic mass is 10.2. The van der Waals surface area contributed by atoms with Crippen molar-refractivity contribution in [2.75, 3.05) is 39.8 Å². The first kappa shape index (κ1) is 14.7. The van der Waals surface area contributed by atoms with Crippen molar-refractivity contribution in [2.45, 2.75) is 6.54 Å². The zero-order chi connectivity index (χ0) is 14.5. The highest BCUT2D eigenvalue weighted by Crippen LogP contribution is 2.19. The lowest BCUT2D eigenvalue weighted by molar-refractivity contribution is -0.119. The Morgan fingerprint density at radius 3 is 2.50 bits per heavy atom. The number of hydrogen-bond donors (Lipinski definition) is 1. The van der Waals surface area contributed by atoms with Crippen molar-refractivity contribution < 1.29 is 13.9 Å². The van der Waals surface area contributed by atoms with Crippen LogP contribution >= 0.6 is 0 Å². The van der Waals surface area contributed by atoms with Gasteiger partial charge in [0.1, 0.15) is 0 Å². The molecule has 2 N–H and O–H groups in total. The predicted octanol–water partition coefficient (Wildman–Crippen LogP) is 0.437. The second kappa shape index (κ2) is 6.67. The van der Waals surface area contributed by atoms with Crippen molar-refractivity contribution in [3.05, 3.63) is 29.6 Å². The van der Waals surface area contributed by atoms with Crippen LogP contribution in [0.1, 0.15) is 5.56 Å². The molecule has 0 spiro atoms. The second-order valence-corrected chi connectivity index (χ2v) is 4.99. The van der Waals surface area contributed by atoms with Crippen molar-refractivity contribution in [1.82, 2.24) is 9.80 Å². The van der Waals surface area contributed by atoms with Gasteiger partial charge in [0.2, 0.25) is 5.91 Å². The fourth-order valence-corrected chi connectivity index (χ4v) is 2.39. The fourth-order valence-electron chi connectivity index (χ4n) is 2.39. The highest BCUT2D eigenvalue weighted by Gasteiger charge is 2.18. The molecule has 0 aromatic heterocycles. The van der Waals surface area contributed by atoms with E-state index in [4.69, 9.17) is 10.5 Å². The van der Waals surface area contributed by atoms with E-state index >= 15 is 0 Å². The molecule has 0 saturated carbocycles. The number of carbonyl (C=O) groups excluding carboxylic acids is 1. The number of amides is 1. The molecule has 0 bridgehead atoms. The van der Waals surface area contributed by atoms with Crippen molar-refractivity contribution >= 4 is 5.91 Å². The first-order valence-electron chi connectivity index (χ1n) is 6.64. The average Bonchev–Trinajstić information content (AvgIpc) is 2.41. The smallest absolute Gasteiger partial charge is 0.231 e. The molecule has 1 amide bonds. The van der Waals surface area contributed by atoms with Gasteiger partial charge in [0, 0.05) is 32.7 Å². The van der Waals surface area contributed by atoms with Gasteiger partial charge in [0.05, 0.1) is 13.7 Å². The summed E-state index contributed by atoms with van der Waals surface area (Å²) >= 11 is 0. The Balaban J connectivity index is 1.86. The van der Waals surface area contributed by atoms with Gasteiger partial charge in [-0.15, -0.1) is 0 Å². The molecule has 1 saturated heterocycles. The molecule has 5 nitrogen and oxygen atoms in total. The van der Waals surface area contributed by atoms with Crippen LogP contribution in [0, 0.1) is 5.82 Å². The Bertz CT molecular complexity index is 473. The fraction of sp³-hybridized carbons (Fsp3) is 0.500. The van der Waals surface area contributed by atoms with Gasteiger partial charge < -0.3 is 10.5 Å². The maximum Gasteiger partial charge on any atom is 0.231 e. The van der Waals surface area contributed by atoms with E-state index in [1.165, 1.54) is 13.2 Å². The number of carbonyl (C=O) groups is 1. The monoisotopic (exact) mass is 281 g/mol. The Morgan fingerprint density at radius 2 is 1.95 bits per heavy atom. The summed E-state index contributed by atoms with van der Waals surface area (Å²) in [4.78, 5) is 15.1. The minimum atomic E-state index is -0.336. The normalized spacial score (nSPS) is 17.1. The number of hydrogen-bond acceptors (Lipinski definition) is 4. The first-order valence-corrected chi connectivity index (χ1v) is 6.64. The Morgan fingerprint density at radius 1 is 1.30 bits per heavy atom. The number of halogens is 1. The topological polar surface area (TPSA) is 58.8 Å². The predicted molar refractivity (Wildman–Crippen MR) is 73.9 cm³/mol. The van der Waals surface area contributed by atoms with Gasteiger partial charge in [-0.2, -0.15) is 0 Å². The Hall–Kier alpha value is -1.66. The van der Waals surface area contributed by atoms with E-state index in [0.717, 1.165) is 31.7 Å². The van der Waals surface area contributed by atoms with Crippen LogP contribution < -0.4 is 10.5 Å². The summed E-state index contributed by atoms with van der Waals surface area (Å²) in [7, 11) is 1.45. The van der Waals surface area contributed by atoms with E-state index in [2.05, 4.69) is 4.90 Å². The van der Waals surface area contributed by atoms with Crippen molar-refractivity contribution in [3.8, 4) is 5.75 Å². The van der Waals surface area contributed by atoms with E-state index < -0.39 is 0 Å². The number of methoxy groups -OCH3 is 1. The zero-order valence-corrected chi connectivity index (χ0v) is 11.6. The lowest BCUT2D eigenvalue weighted by Gasteiger charge is -2.34. The molecule has 1 aromatic rings. The maximum absolute atomic E-state index is 13.6. The minimum absolute atomic E-state index is 0.264. The van der Waals surface area contributed by atoms with Crippen molar-refractivity contribution in [1.29, 1.82) is 0 Å². The van der Waals surface area contributed by atoms with E-state index in [1.54, 1.807) is 6.07 Å². The first-order chi connectivity index (χ1) is 9.58. The highest BCUT2D eigenvalue weighted by molar-refractivity contribution is 5.75. The highest BCUT2D eigenvalue weighted by atomic mass is 19.1. The minimum Gasteiger partial charge on any atom is -0.494 e. The lowest BCUT2D eigenvalue weighted by Crippen LogP contribution is -2.48. The number of nitrogens with two attached hydrogens (primary N) is 1. The molecule has 1 heterocycles. The van der Waals surface area contributed by atoms with Gasteiger partial charge in [-0.1, -0.05) is 6.07 Å². The average molecular weight is 281 g/mol. The van der Waals surface area contributed by atoms with Crippen LogP contribution in [0.25, 0.3) is 0 Å². The summed E-state index contributed by atoms with van der Waals surface area (Å²) in [5, 5.41) is 0. The largest absolute Gasteiger partial charge is 0.494 e. The van der Waals surface area contributed by atoms with Gasteiger partial charge in [0.25, 0.3) is 0 Å². The summed E-state index contributed by atoms with van der Waals surface area (Å²) < 4.78 is 18.5. The molecule has 0 radical (unpaired) electrons. The molecule has 110 valence electrons. The van der Waals surface area contributed by atoms with Crippen LogP contribution in [0.3, 0.4) is 0 Å². The van der Waals surface area contributed by atoms with Crippen LogP contribution in [0.4, 0.5) is 4.39 Å². The molecule has 1 aromatic carbocycles. The zero-order valence-electron chi connectivity index (χ0n) is 11.6. The number of piperazine rings is 1. The quantitative estimate of drug-likeness (QED) is 0.850. The molecule has 1 aliphatic rings. The Labute approximate surface area is 118 Å². The summed E-state index contributed by atoms with van der Waals surface area (Å²) in [5.74, 6) is -0.368. The van der Waals surface area contributed by atoms with Crippen molar-refractivity contribution in [3.63, 3.8) is 0 Å². The van der Waals surface area contributed by atoms with Crippen LogP contribution in [-0.4, -0.2) is 55.5 Å². The molecule has 20 heavy (non-hydrogen) atoms. The summed E-state index contributed by atoms with van der Waals surface area (Å²) in [6, 6.07) is 5.03. The third kappa shape index (κ3) is 3.91. The molecule has 6 heteroatoms. The number of ether oxygens (including phenoxy) is 1. The Kier molecular flexibility index (Phi) is 4.92. The third-order valence-corrected chi connectivity index (χ3v) is 3.47. The molecule has 1 aliphatic heterocycles. The summed E-state index contributed by atoms with van der Waals surface area (Å²) in [5.41, 5.74) is 6.10.